The summed E-state index contributed by atoms with van der Waals surface area (Å²) in [5.41, 5.74) is 1.80. The van der Waals surface area contributed by atoms with Gasteiger partial charge in [-0.25, -0.2) is 0 Å². The number of thiophene rings is 1. The third-order valence-electron chi connectivity index (χ3n) is 2.41. The highest BCUT2D eigenvalue weighted by Crippen LogP contribution is 2.22. The van der Waals surface area contributed by atoms with Crippen LogP contribution >= 0.6 is 11.3 Å². The van der Waals surface area contributed by atoms with Crippen LogP contribution in [0.25, 0.3) is 0 Å². The van der Waals surface area contributed by atoms with Crippen molar-refractivity contribution in [3.63, 3.8) is 0 Å². The van der Waals surface area contributed by atoms with Crippen LogP contribution in [-0.2, 0) is 0 Å². The summed E-state index contributed by atoms with van der Waals surface area (Å²) in [5.74, 6) is -1.62. The van der Waals surface area contributed by atoms with Crippen molar-refractivity contribution in [2.24, 2.45) is 0 Å². The standard InChI is InChI=1S/C13H11NO3S/c1-8-2-4-9(5-3-8)12(15)14-10-6-7-18-11(10)13(16)17/h2-7H,1H3,(H,14,15)(H,16,17)/p-1. The summed E-state index contributed by atoms with van der Waals surface area (Å²) in [6.07, 6.45) is 0. The SMILES string of the molecule is Cc1ccc(C(=O)Nc2ccsc2C(=O)[O-])cc1. The molecule has 0 saturated carbocycles. The number of anilines is 1. The maximum absolute atomic E-state index is 11.9. The Balaban J connectivity index is 2.19. The third kappa shape index (κ3) is 2.57. The van der Waals surface area contributed by atoms with Crippen LogP contribution in [0.3, 0.4) is 0 Å². The van der Waals surface area contributed by atoms with Crippen molar-refractivity contribution in [1.82, 2.24) is 0 Å². The molecule has 0 atom stereocenters. The van der Waals surface area contributed by atoms with Gasteiger partial charge in [-0.1, -0.05) is 17.7 Å². The van der Waals surface area contributed by atoms with E-state index in [0.717, 1.165) is 16.9 Å². The number of aryl methyl sites for hydroxylation is 1. The molecule has 2 aromatic rings. The largest absolute Gasteiger partial charge is 0.544 e. The Bertz CT molecular complexity index is 587. The predicted molar refractivity (Wildman–Crippen MR) is 67.8 cm³/mol. The second kappa shape index (κ2) is 5.01. The lowest BCUT2D eigenvalue weighted by Gasteiger charge is -2.07. The molecule has 1 amide bonds. The Kier molecular flexibility index (Phi) is 3.43. The van der Waals surface area contributed by atoms with Crippen molar-refractivity contribution in [2.45, 2.75) is 6.92 Å². The zero-order valence-electron chi connectivity index (χ0n) is 9.60. The molecule has 1 heterocycles. The Morgan fingerprint density at radius 3 is 2.44 bits per heavy atom. The lowest BCUT2D eigenvalue weighted by Crippen LogP contribution is -2.23. The third-order valence-corrected chi connectivity index (χ3v) is 3.31. The Hall–Kier alpha value is -2.14. The molecule has 0 radical (unpaired) electrons. The van der Waals surface area contributed by atoms with E-state index in [9.17, 15) is 14.7 Å². The van der Waals surface area contributed by atoms with E-state index in [1.165, 1.54) is 0 Å². The van der Waals surface area contributed by atoms with E-state index in [4.69, 9.17) is 0 Å². The highest BCUT2D eigenvalue weighted by atomic mass is 32.1. The van der Waals surface area contributed by atoms with Crippen LogP contribution in [0.5, 0.6) is 0 Å². The summed E-state index contributed by atoms with van der Waals surface area (Å²) in [5, 5.41) is 14.9. The van der Waals surface area contributed by atoms with Gasteiger partial charge in [0.15, 0.2) is 0 Å². The highest BCUT2D eigenvalue weighted by Gasteiger charge is 2.10. The maximum atomic E-state index is 11.9. The molecule has 0 aliphatic heterocycles. The number of hydrogen-bond donors (Lipinski definition) is 1. The lowest BCUT2D eigenvalue weighted by molar-refractivity contribution is -0.254. The van der Waals surface area contributed by atoms with Crippen LogP contribution < -0.4 is 10.4 Å². The average molecular weight is 260 g/mol. The average Bonchev–Trinajstić information content (AvgIpc) is 2.78. The molecule has 1 aromatic heterocycles. The molecule has 5 heteroatoms. The van der Waals surface area contributed by atoms with E-state index >= 15 is 0 Å². The van der Waals surface area contributed by atoms with Gasteiger partial charge in [-0.15, -0.1) is 11.3 Å². The van der Waals surface area contributed by atoms with Gasteiger partial charge in [0.25, 0.3) is 5.91 Å². The fourth-order valence-electron chi connectivity index (χ4n) is 1.47. The van der Waals surface area contributed by atoms with Gasteiger partial charge in [-0.05, 0) is 30.5 Å². The number of aromatic carboxylic acids is 1. The number of nitrogens with one attached hydrogen (secondary N) is 1. The molecule has 0 aliphatic rings. The summed E-state index contributed by atoms with van der Waals surface area (Å²) in [6.45, 7) is 1.93. The molecule has 0 aliphatic carbocycles. The normalized spacial score (nSPS) is 10.1. The minimum Gasteiger partial charge on any atom is -0.544 e. The van der Waals surface area contributed by atoms with Crippen LogP contribution in [0.1, 0.15) is 25.6 Å². The molecule has 2 rings (SSSR count). The lowest BCUT2D eigenvalue weighted by atomic mass is 10.1. The van der Waals surface area contributed by atoms with Gasteiger partial charge >= 0.3 is 0 Å². The molecule has 1 aromatic carbocycles. The first-order valence-electron chi connectivity index (χ1n) is 5.25. The van der Waals surface area contributed by atoms with Gasteiger partial charge in [-0.2, -0.15) is 0 Å². The van der Waals surface area contributed by atoms with E-state index < -0.39 is 5.97 Å². The molecular formula is C13H10NO3S-. The van der Waals surface area contributed by atoms with Crippen molar-refractivity contribution in [1.29, 1.82) is 0 Å². The van der Waals surface area contributed by atoms with E-state index in [2.05, 4.69) is 5.32 Å². The summed E-state index contributed by atoms with van der Waals surface area (Å²) in [6, 6.07) is 8.57. The molecule has 18 heavy (non-hydrogen) atoms. The maximum Gasteiger partial charge on any atom is 0.255 e. The molecular weight excluding hydrogens is 250 g/mol. The Morgan fingerprint density at radius 1 is 1.17 bits per heavy atom. The smallest absolute Gasteiger partial charge is 0.255 e. The van der Waals surface area contributed by atoms with Gasteiger partial charge in [0, 0.05) is 5.56 Å². The van der Waals surface area contributed by atoms with Crippen molar-refractivity contribution in [2.75, 3.05) is 5.32 Å². The number of carboxylic acids is 1. The van der Waals surface area contributed by atoms with Gasteiger partial charge in [0.2, 0.25) is 0 Å². The predicted octanol–water partition coefficient (Wildman–Crippen LogP) is 1.67. The minimum absolute atomic E-state index is 0.0236. The van der Waals surface area contributed by atoms with E-state index in [1.54, 1.807) is 23.6 Å². The second-order valence-corrected chi connectivity index (χ2v) is 4.69. The Morgan fingerprint density at radius 2 is 1.83 bits per heavy atom. The van der Waals surface area contributed by atoms with Crippen LogP contribution in [-0.4, -0.2) is 11.9 Å². The van der Waals surface area contributed by atoms with Crippen LogP contribution in [0.2, 0.25) is 0 Å². The first-order valence-corrected chi connectivity index (χ1v) is 6.13. The fourth-order valence-corrected chi connectivity index (χ4v) is 2.15. The molecule has 0 saturated heterocycles. The summed E-state index contributed by atoms with van der Waals surface area (Å²) < 4.78 is 0. The first-order chi connectivity index (χ1) is 8.58. The van der Waals surface area contributed by atoms with Crippen LogP contribution in [0.4, 0.5) is 5.69 Å². The van der Waals surface area contributed by atoms with Gasteiger partial charge < -0.3 is 15.2 Å². The van der Waals surface area contributed by atoms with Crippen molar-refractivity contribution in [3.05, 3.63) is 51.7 Å². The monoisotopic (exact) mass is 260 g/mol. The number of amides is 1. The molecule has 0 bridgehead atoms. The topological polar surface area (TPSA) is 69.2 Å². The number of carbonyl (C=O) groups excluding carboxylic acids is 2. The quantitative estimate of drug-likeness (QED) is 0.912. The van der Waals surface area contributed by atoms with E-state index in [-0.39, 0.29) is 16.5 Å². The highest BCUT2D eigenvalue weighted by molar-refractivity contribution is 7.12. The number of hydrogen-bond acceptors (Lipinski definition) is 4. The molecule has 0 fully saturated rings. The van der Waals surface area contributed by atoms with Crippen molar-refractivity contribution in [3.8, 4) is 0 Å². The fraction of sp³-hybridized carbons (Fsp3) is 0.0769. The van der Waals surface area contributed by atoms with Gasteiger partial charge in [0.05, 0.1) is 16.5 Å². The number of carboxylic acid groups (broad SMARTS) is 1. The molecule has 0 unspecified atom stereocenters. The summed E-state index contributed by atoms with van der Waals surface area (Å²) >= 11 is 1.02. The molecule has 1 N–H and O–H groups in total. The van der Waals surface area contributed by atoms with Crippen LogP contribution in [0.15, 0.2) is 35.7 Å². The zero-order chi connectivity index (χ0) is 13.1. The number of carbonyl (C=O) groups is 2. The first kappa shape index (κ1) is 12.3. The van der Waals surface area contributed by atoms with Gasteiger partial charge in [0.1, 0.15) is 0 Å². The molecule has 0 spiro atoms. The van der Waals surface area contributed by atoms with Crippen LogP contribution in [0, 0.1) is 6.92 Å². The summed E-state index contributed by atoms with van der Waals surface area (Å²) in [4.78, 5) is 22.7. The zero-order valence-corrected chi connectivity index (χ0v) is 10.4. The number of benzene rings is 1. The molecule has 4 nitrogen and oxygen atoms in total. The van der Waals surface area contributed by atoms with E-state index in [1.807, 2.05) is 19.1 Å². The van der Waals surface area contributed by atoms with Gasteiger partial charge in [-0.3, -0.25) is 4.79 Å². The van der Waals surface area contributed by atoms with Crippen molar-refractivity contribution < 1.29 is 14.7 Å². The Labute approximate surface area is 108 Å². The van der Waals surface area contributed by atoms with Crippen molar-refractivity contribution >= 4 is 28.9 Å². The molecule has 92 valence electrons. The van der Waals surface area contributed by atoms with E-state index in [0.29, 0.717) is 5.56 Å². The minimum atomic E-state index is -1.29. The number of rotatable bonds is 3. The second-order valence-electron chi connectivity index (χ2n) is 3.77. The summed E-state index contributed by atoms with van der Waals surface area (Å²) in [7, 11) is 0.